The van der Waals surface area contributed by atoms with Crippen molar-refractivity contribution in [2.75, 3.05) is 0 Å². The summed E-state index contributed by atoms with van der Waals surface area (Å²) in [5.41, 5.74) is -0.131. The van der Waals surface area contributed by atoms with Crippen LogP contribution in [0.4, 0.5) is 13.2 Å². The third-order valence-corrected chi connectivity index (χ3v) is 2.46. The highest BCUT2D eigenvalue weighted by Crippen LogP contribution is 2.29. The van der Waals surface area contributed by atoms with Gasteiger partial charge in [0.1, 0.15) is 5.75 Å². The minimum absolute atomic E-state index is 0.131. The van der Waals surface area contributed by atoms with Crippen LogP contribution in [0.15, 0.2) is 18.2 Å². The standard InChI is InChI=1S/C12H12ClF3O2/c1-2-3-4-10(17)9-7-8(13)5-6-11(9)18-12(14,15)16/h5-7H,2-4H2,1H3. The first-order chi connectivity index (χ1) is 8.33. The molecule has 1 aromatic carbocycles. The quantitative estimate of drug-likeness (QED) is 0.736. The van der Waals surface area contributed by atoms with Crippen molar-refractivity contribution < 1.29 is 22.7 Å². The summed E-state index contributed by atoms with van der Waals surface area (Å²) in [4.78, 5) is 11.8. The molecule has 0 aromatic heterocycles. The van der Waals surface area contributed by atoms with Gasteiger partial charge in [0, 0.05) is 11.4 Å². The molecular formula is C12H12ClF3O2. The van der Waals surface area contributed by atoms with E-state index in [-0.39, 0.29) is 17.0 Å². The van der Waals surface area contributed by atoms with Gasteiger partial charge in [0.05, 0.1) is 5.56 Å². The maximum absolute atomic E-state index is 12.2. The number of alkyl halides is 3. The lowest BCUT2D eigenvalue weighted by Gasteiger charge is -2.12. The van der Waals surface area contributed by atoms with Crippen LogP contribution in [0.2, 0.25) is 5.02 Å². The summed E-state index contributed by atoms with van der Waals surface area (Å²) in [5, 5.41) is 0.198. The highest BCUT2D eigenvalue weighted by molar-refractivity contribution is 6.31. The number of benzene rings is 1. The van der Waals surface area contributed by atoms with E-state index in [0.29, 0.717) is 6.42 Å². The second-order valence-electron chi connectivity index (χ2n) is 3.72. The second kappa shape index (κ2) is 6.09. The molecule has 0 radical (unpaired) electrons. The molecule has 18 heavy (non-hydrogen) atoms. The van der Waals surface area contributed by atoms with Crippen LogP contribution in [-0.2, 0) is 0 Å². The van der Waals surface area contributed by atoms with Crippen molar-refractivity contribution in [3.8, 4) is 5.75 Å². The van der Waals surface area contributed by atoms with Gasteiger partial charge in [-0.05, 0) is 24.6 Å². The smallest absolute Gasteiger partial charge is 0.405 e. The van der Waals surface area contributed by atoms with Crippen LogP contribution in [0.1, 0.15) is 36.5 Å². The molecule has 100 valence electrons. The summed E-state index contributed by atoms with van der Waals surface area (Å²) >= 11 is 5.68. The SMILES string of the molecule is CCCCC(=O)c1cc(Cl)ccc1OC(F)(F)F. The van der Waals surface area contributed by atoms with Crippen molar-refractivity contribution in [2.24, 2.45) is 0 Å². The molecule has 0 N–H and O–H groups in total. The van der Waals surface area contributed by atoms with E-state index in [4.69, 9.17) is 11.6 Å². The minimum Gasteiger partial charge on any atom is -0.405 e. The maximum Gasteiger partial charge on any atom is 0.573 e. The molecule has 0 fully saturated rings. The first-order valence-electron chi connectivity index (χ1n) is 5.42. The number of hydrogen-bond acceptors (Lipinski definition) is 2. The molecule has 0 aliphatic rings. The Kier molecular flexibility index (Phi) is 5.02. The molecule has 0 atom stereocenters. The molecule has 0 heterocycles. The summed E-state index contributed by atoms with van der Waals surface area (Å²) in [7, 11) is 0. The fourth-order valence-electron chi connectivity index (χ4n) is 1.41. The zero-order valence-electron chi connectivity index (χ0n) is 9.68. The van der Waals surface area contributed by atoms with Gasteiger partial charge in [-0.2, -0.15) is 0 Å². The first-order valence-corrected chi connectivity index (χ1v) is 5.79. The first kappa shape index (κ1) is 14.8. The Morgan fingerprint density at radius 1 is 1.39 bits per heavy atom. The van der Waals surface area contributed by atoms with Gasteiger partial charge < -0.3 is 4.74 Å². The lowest BCUT2D eigenvalue weighted by molar-refractivity contribution is -0.274. The van der Waals surface area contributed by atoms with E-state index in [9.17, 15) is 18.0 Å². The Morgan fingerprint density at radius 3 is 2.61 bits per heavy atom. The third kappa shape index (κ3) is 4.56. The number of unbranched alkanes of at least 4 members (excludes halogenated alkanes) is 1. The molecular weight excluding hydrogens is 269 g/mol. The highest BCUT2D eigenvalue weighted by Gasteiger charge is 2.32. The van der Waals surface area contributed by atoms with E-state index in [1.165, 1.54) is 12.1 Å². The van der Waals surface area contributed by atoms with Gasteiger partial charge >= 0.3 is 6.36 Å². The van der Waals surface area contributed by atoms with Crippen LogP contribution < -0.4 is 4.74 Å². The molecule has 1 aromatic rings. The number of rotatable bonds is 5. The van der Waals surface area contributed by atoms with Crippen LogP contribution in [-0.4, -0.2) is 12.1 Å². The number of carbonyl (C=O) groups excluding carboxylic acids is 1. The van der Waals surface area contributed by atoms with Crippen LogP contribution in [0, 0.1) is 0 Å². The molecule has 0 saturated carbocycles. The zero-order chi connectivity index (χ0) is 13.8. The fraction of sp³-hybridized carbons (Fsp3) is 0.417. The Balaban J connectivity index is 3.00. The number of ether oxygens (including phenoxy) is 1. The Morgan fingerprint density at radius 2 is 2.06 bits per heavy atom. The number of carbonyl (C=O) groups is 1. The lowest BCUT2D eigenvalue weighted by atomic mass is 10.0. The summed E-state index contributed by atoms with van der Waals surface area (Å²) in [5.74, 6) is -0.911. The molecule has 0 aliphatic heterocycles. The fourth-order valence-corrected chi connectivity index (χ4v) is 1.58. The highest BCUT2D eigenvalue weighted by atomic mass is 35.5. The minimum atomic E-state index is -4.83. The van der Waals surface area contributed by atoms with Crippen LogP contribution >= 0.6 is 11.6 Å². The van der Waals surface area contributed by atoms with Crippen LogP contribution in [0.3, 0.4) is 0 Å². The topological polar surface area (TPSA) is 26.3 Å². The predicted octanol–water partition coefficient (Wildman–Crippen LogP) is 4.61. The van der Waals surface area contributed by atoms with E-state index in [2.05, 4.69) is 4.74 Å². The molecule has 6 heteroatoms. The van der Waals surface area contributed by atoms with Gasteiger partial charge in [0.15, 0.2) is 5.78 Å². The summed E-state index contributed by atoms with van der Waals surface area (Å²) in [6.07, 6.45) is -3.27. The molecule has 0 bridgehead atoms. The predicted molar refractivity (Wildman–Crippen MR) is 62.0 cm³/mol. The van der Waals surface area contributed by atoms with Crippen molar-refractivity contribution in [2.45, 2.75) is 32.5 Å². The average molecular weight is 281 g/mol. The second-order valence-corrected chi connectivity index (χ2v) is 4.15. The van der Waals surface area contributed by atoms with Crippen LogP contribution in [0.5, 0.6) is 5.75 Å². The molecule has 0 saturated heterocycles. The molecule has 0 unspecified atom stereocenters. The summed E-state index contributed by atoms with van der Waals surface area (Å²) in [6, 6.07) is 3.49. The Hall–Kier alpha value is -1.23. The van der Waals surface area contributed by atoms with Crippen molar-refractivity contribution in [3.63, 3.8) is 0 Å². The van der Waals surface area contributed by atoms with E-state index in [0.717, 1.165) is 12.5 Å². The number of ketones is 1. The molecule has 0 aliphatic carbocycles. The Labute approximate surface area is 108 Å². The number of Topliss-reactive ketones (excluding diaryl/α,β-unsaturated/α-hetero) is 1. The van der Waals surface area contributed by atoms with Crippen molar-refractivity contribution in [3.05, 3.63) is 28.8 Å². The number of hydrogen-bond donors (Lipinski definition) is 0. The largest absolute Gasteiger partial charge is 0.573 e. The zero-order valence-corrected chi connectivity index (χ0v) is 10.4. The molecule has 2 nitrogen and oxygen atoms in total. The normalized spacial score (nSPS) is 11.4. The van der Waals surface area contributed by atoms with Crippen LogP contribution in [0.25, 0.3) is 0 Å². The van der Waals surface area contributed by atoms with Crippen molar-refractivity contribution >= 4 is 17.4 Å². The van der Waals surface area contributed by atoms with Gasteiger partial charge in [0.2, 0.25) is 0 Å². The van der Waals surface area contributed by atoms with Gasteiger partial charge in [-0.1, -0.05) is 24.9 Å². The molecule has 1 rings (SSSR count). The third-order valence-electron chi connectivity index (χ3n) is 2.23. The number of halogens is 4. The summed E-state index contributed by atoms with van der Waals surface area (Å²) < 4.78 is 40.3. The van der Waals surface area contributed by atoms with E-state index in [1.54, 1.807) is 0 Å². The Bertz CT molecular complexity index is 430. The molecule has 0 amide bonds. The van der Waals surface area contributed by atoms with Crippen molar-refractivity contribution in [1.29, 1.82) is 0 Å². The van der Waals surface area contributed by atoms with E-state index < -0.39 is 17.9 Å². The van der Waals surface area contributed by atoms with E-state index >= 15 is 0 Å². The maximum atomic E-state index is 12.2. The van der Waals surface area contributed by atoms with Gasteiger partial charge in [-0.15, -0.1) is 13.2 Å². The van der Waals surface area contributed by atoms with Gasteiger partial charge in [-0.3, -0.25) is 4.79 Å². The molecule has 0 spiro atoms. The van der Waals surface area contributed by atoms with Gasteiger partial charge in [-0.25, -0.2) is 0 Å². The lowest BCUT2D eigenvalue weighted by Crippen LogP contribution is -2.19. The van der Waals surface area contributed by atoms with Crippen molar-refractivity contribution in [1.82, 2.24) is 0 Å². The van der Waals surface area contributed by atoms with E-state index in [1.807, 2.05) is 6.92 Å². The van der Waals surface area contributed by atoms with Gasteiger partial charge in [0.25, 0.3) is 0 Å². The summed E-state index contributed by atoms with van der Waals surface area (Å²) in [6.45, 7) is 1.89. The monoisotopic (exact) mass is 280 g/mol. The average Bonchev–Trinajstić information content (AvgIpc) is 2.26.